The highest BCUT2D eigenvalue weighted by atomic mass is 16.5. The Kier molecular flexibility index (Phi) is 5.81. The molecule has 26 heavy (non-hydrogen) atoms. The third-order valence-electron chi connectivity index (χ3n) is 4.25. The number of aromatic nitrogens is 2. The number of carbonyl (C=O) groups is 1. The van der Waals surface area contributed by atoms with Gasteiger partial charge in [-0.3, -0.25) is 9.48 Å². The van der Waals surface area contributed by atoms with Gasteiger partial charge in [-0.25, -0.2) is 0 Å². The average Bonchev–Trinajstić information content (AvgIpc) is 3.09. The topological polar surface area (TPSA) is 56.1 Å². The molecule has 0 radical (unpaired) electrons. The lowest BCUT2D eigenvalue weighted by molar-refractivity contribution is -0.130. The van der Waals surface area contributed by atoms with Gasteiger partial charge in [0, 0.05) is 31.0 Å². The van der Waals surface area contributed by atoms with Crippen LogP contribution in [0.4, 0.5) is 0 Å². The van der Waals surface area contributed by atoms with Gasteiger partial charge in [0.25, 0.3) is 0 Å². The van der Waals surface area contributed by atoms with E-state index in [9.17, 15) is 4.79 Å². The number of rotatable bonds is 7. The van der Waals surface area contributed by atoms with E-state index in [-0.39, 0.29) is 5.91 Å². The quantitative estimate of drug-likeness (QED) is 0.712. The SMILES string of the molecule is COC(C)C(=O)NCc1cn(Cc2ccccc2)nc1-c1ccccc1. The second-order valence-electron chi connectivity index (χ2n) is 6.15. The Morgan fingerprint density at radius 1 is 1.12 bits per heavy atom. The van der Waals surface area contributed by atoms with E-state index in [1.165, 1.54) is 12.7 Å². The maximum Gasteiger partial charge on any atom is 0.249 e. The van der Waals surface area contributed by atoms with E-state index in [4.69, 9.17) is 9.84 Å². The molecule has 2 aromatic carbocycles. The summed E-state index contributed by atoms with van der Waals surface area (Å²) in [5.41, 5.74) is 4.07. The molecule has 134 valence electrons. The van der Waals surface area contributed by atoms with Crippen molar-refractivity contribution in [3.63, 3.8) is 0 Å². The van der Waals surface area contributed by atoms with E-state index < -0.39 is 6.10 Å². The first kappa shape index (κ1) is 17.9. The van der Waals surface area contributed by atoms with Gasteiger partial charge in [0.2, 0.25) is 5.91 Å². The Labute approximate surface area is 153 Å². The van der Waals surface area contributed by atoms with Gasteiger partial charge in [0.05, 0.1) is 12.2 Å². The van der Waals surface area contributed by atoms with E-state index in [1.807, 2.05) is 59.4 Å². The summed E-state index contributed by atoms with van der Waals surface area (Å²) in [6.45, 7) is 2.82. The van der Waals surface area contributed by atoms with E-state index in [1.54, 1.807) is 6.92 Å². The van der Waals surface area contributed by atoms with Crippen LogP contribution in [0.2, 0.25) is 0 Å². The number of nitrogens with zero attached hydrogens (tertiary/aromatic N) is 2. The number of hydrogen-bond donors (Lipinski definition) is 1. The van der Waals surface area contributed by atoms with Crippen molar-refractivity contribution in [2.24, 2.45) is 0 Å². The molecular weight excluding hydrogens is 326 g/mol. The lowest BCUT2D eigenvalue weighted by Gasteiger charge is -2.10. The van der Waals surface area contributed by atoms with E-state index in [2.05, 4.69) is 17.4 Å². The summed E-state index contributed by atoms with van der Waals surface area (Å²) >= 11 is 0. The number of hydrogen-bond acceptors (Lipinski definition) is 3. The molecule has 1 amide bonds. The summed E-state index contributed by atoms with van der Waals surface area (Å²) in [5, 5.41) is 7.67. The molecule has 1 N–H and O–H groups in total. The standard InChI is InChI=1S/C21H23N3O2/c1-16(26-2)21(25)22-13-19-15-24(14-17-9-5-3-6-10-17)23-20(19)18-11-7-4-8-12-18/h3-12,15-16H,13-14H2,1-2H3,(H,22,25). The molecule has 0 aliphatic heterocycles. The fraction of sp³-hybridized carbons (Fsp3) is 0.238. The number of amides is 1. The Balaban J connectivity index is 1.84. The zero-order chi connectivity index (χ0) is 18.4. The molecule has 5 nitrogen and oxygen atoms in total. The molecule has 0 aliphatic carbocycles. The van der Waals surface area contributed by atoms with Crippen LogP contribution in [0.5, 0.6) is 0 Å². The second kappa shape index (κ2) is 8.45. The predicted octanol–water partition coefficient (Wildman–Crippen LogP) is 3.25. The summed E-state index contributed by atoms with van der Waals surface area (Å²) in [6.07, 6.45) is 1.52. The Morgan fingerprint density at radius 3 is 2.42 bits per heavy atom. The van der Waals surface area contributed by atoms with Crippen molar-refractivity contribution in [1.82, 2.24) is 15.1 Å². The highest BCUT2D eigenvalue weighted by Crippen LogP contribution is 2.22. The zero-order valence-corrected chi connectivity index (χ0v) is 15.1. The first-order chi connectivity index (χ1) is 12.7. The van der Waals surface area contributed by atoms with Crippen LogP contribution in [0.1, 0.15) is 18.1 Å². The van der Waals surface area contributed by atoms with Crippen LogP contribution in [0.15, 0.2) is 66.9 Å². The van der Waals surface area contributed by atoms with Crippen molar-refractivity contribution < 1.29 is 9.53 Å². The minimum absolute atomic E-state index is 0.137. The van der Waals surface area contributed by atoms with Gasteiger partial charge < -0.3 is 10.1 Å². The molecule has 0 fully saturated rings. The van der Waals surface area contributed by atoms with Crippen LogP contribution < -0.4 is 5.32 Å². The molecular formula is C21H23N3O2. The van der Waals surface area contributed by atoms with E-state index >= 15 is 0 Å². The molecule has 3 aromatic rings. The number of benzene rings is 2. The molecule has 1 aromatic heterocycles. The Morgan fingerprint density at radius 2 is 1.77 bits per heavy atom. The largest absolute Gasteiger partial charge is 0.372 e. The summed E-state index contributed by atoms with van der Waals surface area (Å²) < 4.78 is 6.98. The highest BCUT2D eigenvalue weighted by Gasteiger charge is 2.15. The molecule has 1 unspecified atom stereocenters. The van der Waals surface area contributed by atoms with Crippen LogP contribution in [-0.2, 0) is 22.6 Å². The van der Waals surface area contributed by atoms with Crippen LogP contribution in [0.25, 0.3) is 11.3 Å². The van der Waals surface area contributed by atoms with Gasteiger partial charge in [-0.05, 0) is 12.5 Å². The normalized spacial score (nSPS) is 11.9. The number of nitrogens with one attached hydrogen (secondary N) is 1. The van der Waals surface area contributed by atoms with Crippen LogP contribution in [0.3, 0.4) is 0 Å². The van der Waals surface area contributed by atoms with Crippen molar-refractivity contribution in [3.05, 3.63) is 78.0 Å². The number of carbonyl (C=O) groups excluding carboxylic acids is 1. The lowest BCUT2D eigenvalue weighted by Crippen LogP contribution is -2.33. The molecule has 5 heteroatoms. The lowest BCUT2D eigenvalue weighted by atomic mass is 10.1. The van der Waals surface area contributed by atoms with E-state index in [0.29, 0.717) is 13.1 Å². The van der Waals surface area contributed by atoms with Gasteiger partial charge >= 0.3 is 0 Å². The first-order valence-electron chi connectivity index (χ1n) is 8.63. The number of ether oxygens (including phenoxy) is 1. The van der Waals surface area contributed by atoms with Crippen LogP contribution >= 0.6 is 0 Å². The smallest absolute Gasteiger partial charge is 0.249 e. The maximum absolute atomic E-state index is 12.0. The minimum Gasteiger partial charge on any atom is -0.372 e. The monoisotopic (exact) mass is 349 g/mol. The molecule has 1 heterocycles. The van der Waals surface area contributed by atoms with Crippen LogP contribution in [0, 0.1) is 0 Å². The van der Waals surface area contributed by atoms with Gasteiger partial charge in [-0.15, -0.1) is 0 Å². The minimum atomic E-state index is -0.477. The predicted molar refractivity (Wildman–Crippen MR) is 102 cm³/mol. The number of methoxy groups -OCH3 is 1. The Hall–Kier alpha value is -2.92. The molecule has 0 bridgehead atoms. The van der Waals surface area contributed by atoms with Gasteiger partial charge in [0.1, 0.15) is 6.10 Å². The van der Waals surface area contributed by atoms with Gasteiger partial charge in [-0.1, -0.05) is 60.7 Å². The van der Waals surface area contributed by atoms with Crippen molar-refractivity contribution in [2.75, 3.05) is 7.11 Å². The third-order valence-corrected chi connectivity index (χ3v) is 4.25. The molecule has 1 atom stereocenters. The fourth-order valence-corrected chi connectivity index (χ4v) is 2.72. The van der Waals surface area contributed by atoms with Gasteiger partial charge in [0.15, 0.2) is 0 Å². The van der Waals surface area contributed by atoms with Crippen molar-refractivity contribution in [3.8, 4) is 11.3 Å². The highest BCUT2D eigenvalue weighted by molar-refractivity contribution is 5.80. The zero-order valence-electron chi connectivity index (χ0n) is 15.1. The van der Waals surface area contributed by atoms with E-state index in [0.717, 1.165) is 16.8 Å². The summed E-state index contributed by atoms with van der Waals surface area (Å²) in [6, 6.07) is 20.2. The van der Waals surface area contributed by atoms with Crippen molar-refractivity contribution in [1.29, 1.82) is 0 Å². The molecule has 0 spiro atoms. The Bertz CT molecular complexity index is 844. The molecule has 0 saturated heterocycles. The summed E-state index contributed by atoms with van der Waals surface area (Å²) in [7, 11) is 1.53. The molecule has 0 aliphatic rings. The molecule has 0 saturated carbocycles. The summed E-state index contributed by atoms with van der Waals surface area (Å²) in [4.78, 5) is 12.0. The fourth-order valence-electron chi connectivity index (χ4n) is 2.72. The third kappa shape index (κ3) is 4.37. The van der Waals surface area contributed by atoms with Crippen molar-refractivity contribution >= 4 is 5.91 Å². The van der Waals surface area contributed by atoms with Gasteiger partial charge in [-0.2, -0.15) is 5.10 Å². The molecule has 3 rings (SSSR count). The van der Waals surface area contributed by atoms with Crippen LogP contribution in [-0.4, -0.2) is 28.9 Å². The second-order valence-corrected chi connectivity index (χ2v) is 6.15. The first-order valence-corrected chi connectivity index (χ1v) is 8.63. The van der Waals surface area contributed by atoms with Crippen molar-refractivity contribution in [2.45, 2.75) is 26.1 Å². The summed E-state index contributed by atoms with van der Waals surface area (Å²) in [5.74, 6) is -0.137. The maximum atomic E-state index is 12.0. The average molecular weight is 349 g/mol.